The van der Waals surface area contributed by atoms with E-state index >= 15 is 0 Å². The van der Waals surface area contributed by atoms with E-state index in [1.54, 1.807) is 0 Å². The molecular formula is C117H210N6O6. The molecule has 0 aliphatic rings. The summed E-state index contributed by atoms with van der Waals surface area (Å²) in [6.45, 7) is 31.9. The van der Waals surface area contributed by atoms with Gasteiger partial charge in [0, 0.05) is 35.3 Å². The van der Waals surface area contributed by atoms with Gasteiger partial charge in [0.05, 0.1) is 39.6 Å². The van der Waals surface area contributed by atoms with Crippen LogP contribution in [0.3, 0.4) is 0 Å². The van der Waals surface area contributed by atoms with Crippen LogP contribution in [0.2, 0.25) is 0 Å². The molecule has 0 aliphatic carbocycles. The standard InChI is InChI=1S/C117H210N6O6/c1-13-25-37-49-55-67-79-100(73-61-43-31-19-7)94-124-109-88-85-106(91-112(109)127-97-103(76-64-46-34-22-10)82-70-58-52-40-28-16-4)118-115-121-116(119-107-86-89-110(125-95-101(74-62-44-32-20-8)80-68-56-50-38-26-14-2)113(92-107)128-98-104(77-65-47-35-23-11)83-71-59-53-41-29-17-5)123-117(122-115)120-108-87-90-111(126-96-102(75-63-45-33-21-9)81-69-57-51-39-27-15-3)114(93-108)129-99-105(78-66-48-36-24-12)84-72-60-54-42-30-18-6/h85-93,100-105H,13-84,94-99H2,1-12H3,(H3,118,119,120,121,122,123). The van der Waals surface area contributed by atoms with E-state index in [2.05, 4.69) is 154 Å². The summed E-state index contributed by atoms with van der Waals surface area (Å²) < 4.78 is 43.2. The van der Waals surface area contributed by atoms with Crippen LogP contribution in [0.4, 0.5) is 34.9 Å². The number of unbranched alkanes of at least 4 members (excludes halogenated alkanes) is 48. The lowest BCUT2D eigenvalue weighted by atomic mass is 9.95. The van der Waals surface area contributed by atoms with Gasteiger partial charge < -0.3 is 44.4 Å². The fourth-order valence-corrected chi connectivity index (χ4v) is 18.9. The summed E-state index contributed by atoms with van der Waals surface area (Å²) in [5, 5.41) is 11.3. The van der Waals surface area contributed by atoms with Crippen molar-refractivity contribution in [1.82, 2.24) is 15.0 Å². The van der Waals surface area contributed by atoms with E-state index < -0.39 is 0 Å². The first-order valence-electron chi connectivity index (χ1n) is 56.8. The topological polar surface area (TPSA) is 130 Å². The van der Waals surface area contributed by atoms with Crippen molar-refractivity contribution in [1.29, 1.82) is 0 Å². The number of ether oxygens (including phenoxy) is 6. The molecule has 0 fully saturated rings. The van der Waals surface area contributed by atoms with Crippen LogP contribution < -0.4 is 44.4 Å². The van der Waals surface area contributed by atoms with Crippen LogP contribution in [0.5, 0.6) is 34.5 Å². The maximum atomic E-state index is 7.25. The van der Waals surface area contributed by atoms with Crippen molar-refractivity contribution in [2.75, 3.05) is 55.6 Å². The third-order valence-electron chi connectivity index (χ3n) is 27.7. The minimum atomic E-state index is 0.400. The summed E-state index contributed by atoms with van der Waals surface area (Å²) in [7, 11) is 0. The Balaban J connectivity index is 2.01. The Kier molecular flexibility index (Phi) is 75.2. The van der Waals surface area contributed by atoms with Gasteiger partial charge in [-0.1, -0.05) is 468 Å². The molecule has 1 aromatic heterocycles. The molecular weight excluding hydrogens is 1590 g/mol. The second-order valence-electron chi connectivity index (χ2n) is 40.2. The predicted molar refractivity (Wildman–Crippen MR) is 563 cm³/mol. The largest absolute Gasteiger partial charge is 0.489 e. The van der Waals surface area contributed by atoms with Crippen LogP contribution in [0.25, 0.3) is 0 Å². The maximum Gasteiger partial charge on any atom is 0.233 e. The number of nitrogens with one attached hydrogen (secondary N) is 3. The van der Waals surface area contributed by atoms with E-state index in [1.165, 1.54) is 462 Å². The van der Waals surface area contributed by atoms with E-state index in [1.807, 2.05) is 0 Å². The van der Waals surface area contributed by atoms with E-state index in [0.29, 0.717) is 93.0 Å². The molecule has 0 saturated carbocycles. The lowest BCUT2D eigenvalue weighted by Gasteiger charge is -2.22. The summed E-state index contributed by atoms with van der Waals surface area (Å²) >= 11 is 0. The first kappa shape index (κ1) is 116. The normalized spacial score (nSPS) is 13.0. The number of aromatic nitrogens is 3. The summed E-state index contributed by atoms with van der Waals surface area (Å²) in [6, 6.07) is 19.3. The van der Waals surface area contributed by atoms with Gasteiger partial charge in [0.15, 0.2) is 34.5 Å². The van der Waals surface area contributed by atoms with Crippen LogP contribution in [0, 0.1) is 35.5 Å². The molecule has 6 atom stereocenters. The zero-order chi connectivity index (χ0) is 92.4. The zero-order valence-electron chi connectivity index (χ0n) is 87.1. The molecule has 4 aromatic rings. The maximum absolute atomic E-state index is 7.25. The fraction of sp³-hybridized carbons (Fsp3) is 0.821. The van der Waals surface area contributed by atoms with Crippen LogP contribution in [0.1, 0.15) is 545 Å². The van der Waals surface area contributed by atoms with Crippen LogP contribution in [-0.2, 0) is 0 Å². The molecule has 0 spiro atoms. The van der Waals surface area contributed by atoms with Gasteiger partial charge in [0.2, 0.25) is 17.8 Å². The number of benzene rings is 3. The molecule has 3 aromatic carbocycles. The van der Waals surface area contributed by atoms with Gasteiger partial charge in [-0.2, -0.15) is 15.0 Å². The molecule has 744 valence electrons. The number of hydrogen-bond donors (Lipinski definition) is 3. The van der Waals surface area contributed by atoms with Gasteiger partial charge in [-0.25, -0.2) is 0 Å². The highest BCUT2D eigenvalue weighted by Gasteiger charge is 2.23. The molecule has 6 unspecified atom stereocenters. The number of rotatable bonds is 96. The van der Waals surface area contributed by atoms with Crippen molar-refractivity contribution in [3.05, 3.63) is 54.6 Å². The molecule has 1 heterocycles. The minimum absolute atomic E-state index is 0.400. The smallest absolute Gasteiger partial charge is 0.233 e. The molecule has 4 rings (SSSR count). The second kappa shape index (κ2) is 83.5. The number of hydrogen-bond acceptors (Lipinski definition) is 12. The second-order valence-corrected chi connectivity index (χ2v) is 40.2. The van der Waals surface area contributed by atoms with Gasteiger partial charge in [0.1, 0.15) is 0 Å². The Hall–Kier alpha value is -5.13. The fourth-order valence-electron chi connectivity index (χ4n) is 18.9. The Bertz CT molecular complexity index is 2790. The molecule has 0 saturated heterocycles. The van der Waals surface area contributed by atoms with Crippen molar-refractivity contribution in [3.8, 4) is 34.5 Å². The highest BCUT2D eigenvalue weighted by Crippen LogP contribution is 2.40. The highest BCUT2D eigenvalue weighted by atomic mass is 16.5. The quantitative estimate of drug-likeness (QED) is 0.0364. The van der Waals surface area contributed by atoms with Crippen molar-refractivity contribution in [3.63, 3.8) is 0 Å². The Labute approximate surface area is 799 Å². The van der Waals surface area contributed by atoms with Gasteiger partial charge in [-0.3, -0.25) is 0 Å². The van der Waals surface area contributed by atoms with Crippen LogP contribution >= 0.6 is 0 Å². The Morgan fingerprint density at radius 1 is 0.171 bits per heavy atom. The van der Waals surface area contributed by atoms with Crippen LogP contribution in [0.15, 0.2) is 54.6 Å². The average Bonchev–Trinajstić information content (AvgIpc) is 0.814. The van der Waals surface area contributed by atoms with Crippen molar-refractivity contribution in [2.45, 2.75) is 545 Å². The summed E-state index contributed by atoms with van der Waals surface area (Å²) in [5.74, 6) is 8.86. The van der Waals surface area contributed by atoms with Crippen molar-refractivity contribution >= 4 is 34.9 Å². The SMILES string of the molecule is CCCCCCCCC(CCCCCC)COc1ccc(Nc2nc(Nc3ccc(OCC(CCCCCC)CCCCCCCC)c(OCC(CCCCCC)CCCCCCCC)c3)nc(Nc3ccc(OCC(CCCCCC)CCCCCCCC)c(OCC(CCCCCC)CCCCCCCC)c3)n2)cc1OCC(CCCCCC)CCCCCCCC. The van der Waals surface area contributed by atoms with Crippen molar-refractivity contribution < 1.29 is 28.4 Å². The Morgan fingerprint density at radius 3 is 0.457 bits per heavy atom. The third-order valence-corrected chi connectivity index (χ3v) is 27.7. The lowest BCUT2D eigenvalue weighted by molar-refractivity contribution is 0.192. The molecule has 12 nitrogen and oxygen atoms in total. The average molecular weight is 1800 g/mol. The first-order chi connectivity index (χ1) is 63.6. The van der Waals surface area contributed by atoms with Gasteiger partial charge in [-0.05, 0) is 149 Å². The number of nitrogens with zero attached hydrogens (tertiary/aromatic N) is 3. The summed E-state index contributed by atoms with van der Waals surface area (Å²) in [4.78, 5) is 16.0. The Morgan fingerprint density at radius 2 is 0.302 bits per heavy atom. The van der Waals surface area contributed by atoms with Gasteiger partial charge in [0.25, 0.3) is 0 Å². The van der Waals surface area contributed by atoms with Crippen molar-refractivity contribution in [2.24, 2.45) is 35.5 Å². The molecule has 0 amide bonds. The van der Waals surface area contributed by atoms with E-state index in [0.717, 1.165) is 51.6 Å². The lowest BCUT2D eigenvalue weighted by Crippen LogP contribution is -2.16. The molecule has 0 radical (unpaired) electrons. The van der Waals surface area contributed by atoms with E-state index in [4.69, 9.17) is 43.4 Å². The molecule has 129 heavy (non-hydrogen) atoms. The summed E-state index contributed by atoms with van der Waals surface area (Å²) in [5.41, 5.74) is 2.47. The third kappa shape index (κ3) is 60.8. The highest BCUT2D eigenvalue weighted by molar-refractivity contribution is 5.66. The molecule has 12 heteroatoms. The molecule has 0 bridgehead atoms. The first-order valence-corrected chi connectivity index (χ1v) is 56.8. The van der Waals surface area contributed by atoms with E-state index in [9.17, 15) is 0 Å². The minimum Gasteiger partial charge on any atom is -0.489 e. The zero-order valence-corrected chi connectivity index (χ0v) is 87.1. The van der Waals surface area contributed by atoms with Gasteiger partial charge in [-0.15, -0.1) is 0 Å². The molecule has 3 N–H and O–H groups in total. The summed E-state index contributed by atoms with van der Waals surface area (Å²) in [6.07, 6.45) is 91.4. The number of anilines is 6. The monoisotopic (exact) mass is 1800 g/mol. The van der Waals surface area contributed by atoms with Crippen LogP contribution in [-0.4, -0.2) is 54.6 Å². The molecule has 0 aliphatic heterocycles. The van der Waals surface area contributed by atoms with Gasteiger partial charge >= 0.3 is 0 Å². The van der Waals surface area contributed by atoms with E-state index in [-0.39, 0.29) is 0 Å². The predicted octanol–water partition coefficient (Wildman–Crippen LogP) is 39.4.